The zero-order chi connectivity index (χ0) is 17.5. The predicted molar refractivity (Wildman–Crippen MR) is 98.0 cm³/mol. The number of urea groups is 1. The molecule has 2 amide bonds. The first-order valence-electron chi connectivity index (χ1n) is 9.54. The van der Waals surface area contributed by atoms with E-state index in [1.165, 1.54) is 12.0 Å². The van der Waals surface area contributed by atoms with Crippen molar-refractivity contribution in [3.8, 4) is 5.75 Å². The van der Waals surface area contributed by atoms with Crippen LogP contribution >= 0.6 is 0 Å². The first kappa shape index (κ1) is 18.1. The summed E-state index contributed by atoms with van der Waals surface area (Å²) in [5, 5.41) is 3.05. The molecule has 0 aliphatic carbocycles. The summed E-state index contributed by atoms with van der Waals surface area (Å²) in [6.07, 6.45) is 5.33. The van der Waals surface area contributed by atoms with Crippen LogP contribution in [0.5, 0.6) is 5.75 Å². The van der Waals surface area contributed by atoms with Gasteiger partial charge in [0, 0.05) is 45.7 Å². The van der Waals surface area contributed by atoms with E-state index in [1.54, 1.807) is 0 Å². The molecule has 2 aliphatic heterocycles. The van der Waals surface area contributed by atoms with Crippen molar-refractivity contribution in [2.45, 2.75) is 45.1 Å². The van der Waals surface area contributed by atoms with Crippen molar-refractivity contribution in [3.05, 3.63) is 29.8 Å². The standard InChI is InChI=1S/C20H30N2O3/c1-16-4-6-18(7-5-16)25-19-8-12-22(13-9-19)20(23)21-11-2-3-17-10-14-24-15-17/h4-7,17,19H,2-3,8-15H2,1H3,(H,21,23)/t17-/m1/s1. The zero-order valence-electron chi connectivity index (χ0n) is 15.2. The van der Waals surface area contributed by atoms with Crippen LogP contribution in [0, 0.1) is 12.8 Å². The summed E-state index contributed by atoms with van der Waals surface area (Å²) in [5.41, 5.74) is 1.24. The van der Waals surface area contributed by atoms with Crippen LogP contribution < -0.4 is 10.1 Å². The van der Waals surface area contributed by atoms with Crippen LogP contribution in [0.3, 0.4) is 0 Å². The maximum Gasteiger partial charge on any atom is 0.317 e. The van der Waals surface area contributed by atoms with Crippen molar-refractivity contribution in [2.75, 3.05) is 32.8 Å². The number of rotatable bonds is 6. The molecule has 2 heterocycles. The molecule has 0 saturated carbocycles. The molecule has 0 aromatic heterocycles. The molecule has 2 aliphatic rings. The van der Waals surface area contributed by atoms with Gasteiger partial charge in [-0.3, -0.25) is 0 Å². The molecule has 2 fully saturated rings. The molecule has 3 rings (SSSR count). The van der Waals surface area contributed by atoms with E-state index in [1.807, 2.05) is 17.0 Å². The third-order valence-electron chi connectivity index (χ3n) is 5.14. The fraction of sp³-hybridized carbons (Fsp3) is 0.650. The molecule has 1 aromatic rings. The minimum Gasteiger partial charge on any atom is -0.490 e. The zero-order valence-corrected chi connectivity index (χ0v) is 15.2. The van der Waals surface area contributed by atoms with Crippen LogP contribution in [0.1, 0.15) is 37.7 Å². The minimum absolute atomic E-state index is 0.0662. The number of hydrogen-bond donors (Lipinski definition) is 1. The number of ether oxygens (including phenoxy) is 2. The Morgan fingerprint density at radius 1 is 1.24 bits per heavy atom. The van der Waals surface area contributed by atoms with Gasteiger partial charge in [0.1, 0.15) is 11.9 Å². The van der Waals surface area contributed by atoms with E-state index in [9.17, 15) is 4.79 Å². The highest BCUT2D eigenvalue weighted by atomic mass is 16.5. The first-order chi connectivity index (χ1) is 12.2. The number of hydrogen-bond acceptors (Lipinski definition) is 3. The lowest BCUT2D eigenvalue weighted by Crippen LogP contribution is -2.46. The number of benzene rings is 1. The Bertz CT molecular complexity index is 532. The van der Waals surface area contributed by atoms with Gasteiger partial charge in [-0.25, -0.2) is 4.79 Å². The summed E-state index contributed by atoms with van der Waals surface area (Å²) >= 11 is 0. The summed E-state index contributed by atoms with van der Waals surface area (Å²) in [6, 6.07) is 8.23. The number of amides is 2. The van der Waals surface area contributed by atoms with E-state index in [-0.39, 0.29) is 12.1 Å². The fourth-order valence-electron chi connectivity index (χ4n) is 3.49. The van der Waals surface area contributed by atoms with E-state index >= 15 is 0 Å². The van der Waals surface area contributed by atoms with Crippen LogP contribution in [0.2, 0.25) is 0 Å². The van der Waals surface area contributed by atoms with Crippen LogP contribution in [-0.2, 0) is 4.74 Å². The fourth-order valence-corrected chi connectivity index (χ4v) is 3.49. The average molecular weight is 346 g/mol. The summed E-state index contributed by atoms with van der Waals surface area (Å²) in [4.78, 5) is 14.2. The van der Waals surface area contributed by atoms with Crippen LogP contribution in [0.15, 0.2) is 24.3 Å². The highest BCUT2D eigenvalue weighted by Gasteiger charge is 2.23. The number of nitrogens with zero attached hydrogens (tertiary/aromatic N) is 1. The molecule has 25 heavy (non-hydrogen) atoms. The molecule has 5 heteroatoms. The van der Waals surface area contributed by atoms with Crippen molar-refractivity contribution < 1.29 is 14.3 Å². The smallest absolute Gasteiger partial charge is 0.317 e. The topological polar surface area (TPSA) is 50.8 Å². The van der Waals surface area contributed by atoms with Crippen molar-refractivity contribution in [1.82, 2.24) is 10.2 Å². The second-order valence-corrected chi connectivity index (χ2v) is 7.22. The van der Waals surface area contributed by atoms with E-state index in [0.717, 1.165) is 64.3 Å². The summed E-state index contributed by atoms with van der Waals surface area (Å²) in [7, 11) is 0. The molecule has 1 aromatic carbocycles. The van der Waals surface area contributed by atoms with E-state index < -0.39 is 0 Å². The Labute approximate surface area is 150 Å². The molecular formula is C20H30N2O3. The van der Waals surface area contributed by atoms with Gasteiger partial charge in [-0.05, 0) is 44.2 Å². The van der Waals surface area contributed by atoms with Gasteiger partial charge < -0.3 is 19.7 Å². The molecule has 0 bridgehead atoms. The monoisotopic (exact) mass is 346 g/mol. The van der Waals surface area contributed by atoms with Crippen LogP contribution in [0.25, 0.3) is 0 Å². The molecule has 1 N–H and O–H groups in total. The van der Waals surface area contributed by atoms with Crippen molar-refractivity contribution in [2.24, 2.45) is 5.92 Å². The number of likely N-dealkylation sites (tertiary alicyclic amines) is 1. The van der Waals surface area contributed by atoms with Gasteiger partial charge in [0.05, 0.1) is 0 Å². The van der Waals surface area contributed by atoms with E-state index in [4.69, 9.17) is 9.47 Å². The SMILES string of the molecule is Cc1ccc(OC2CCN(C(=O)NCCC[C@@H]3CCOC3)CC2)cc1. The van der Waals surface area contributed by atoms with E-state index in [2.05, 4.69) is 24.4 Å². The normalized spacial score (nSPS) is 21.3. The molecule has 5 nitrogen and oxygen atoms in total. The van der Waals surface area contributed by atoms with Crippen molar-refractivity contribution in [3.63, 3.8) is 0 Å². The van der Waals surface area contributed by atoms with Gasteiger partial charge in [-0.2, -0.15) is 0 Å². The third-order valence-corrected chi connectivity index (χ3v) is 5.14. The first-order valence-corrected chi connectivity index (χ1v) is 9.54. The van der Waals surface area contributed by atoms with Gasteiger partial charge >= 0.3 is 6.03 Å². The van der Waals surface area contributed by atoms with Gasteiger partial charge in [0.15, 0.2) is 0 Å². The maximum absolute atomic E-state index is 12.2. The largest absolute Gasteiger partial charge is 0.490 e. The van der Waals surface area contributed by atoms with Gasteiger partial charge in [0.2, 0.25) is 0 Å². The second kappa shape index (κ2) is 9.09. The lowest BCUT2D eigenvalue weighted by Gasteiger charge is -2.32. The molecule has 1 atom stereocenters. The Hall–Kier alpha value is -1.75. The number of nitrogens with one attached hydrogen (secondary N) is 1. The molecule has 0 radical (unpaired) electrons. The Balaban J connectivity index is 1.31. The number of piperidine rings is 1. The minimum atomic E-state index is 0.0662. The molecule has 2 saturated heterocycles. The van der Waals surface area contributed by atoms with E-state index in [0.29, 0.717) is 5.92 Å². The number of carbonyl (C=O) groups excluding carboxylic acids is 1. The summed E-state index contributed by atoms with van der Waals surface area (Å²) in [5.74, 6) is 1.61. The number of carbonyl (C=O) groups is 1. The van der Waals surface area contributed by atoms with Crippen LogP contribution in [0.4, 0.5) is 4.79 Å². The predicted octanol–water partition coefficient (Wildman–Crippen LogP) is 3.36. The lowest BCUT2D eigenvalue weighted by molar-refractivity contribution is 0.111. The quantitative estimate of drug-likeness (QED) is 0.804. The molecular weight excluding hydrogens is 316 g/mol. The van der Waals surface area contributed by atoms with Gasteiger partial charge in [0.25, 0.3) is 0 Å². The Morgan fingerprint density at radius 2 is 2.00 bits per heavy atom. The summed E-state index contributed by atoms with van der Waals surface area (Å²) in [6.45, 7) is 6.15. The molecule has 0 unspecified atom stereocenters. The summed E-state index contributed by atoms with van der Waals surface area (Å²) < 4.78 is 11.4. The average Bonchev–Trinajstić information content (AvgIpc) is 3.15. The number of aryl methyl sites for hydroxylation is 1. The highest BCUT2D eigenvalue weighted by Crippen LogP contribution is 2.20. The highest BCUT2D eigenvalue weighted by molar-refractivity contribution is 5.74. The van der Waals surface area contributed by atoms with Crippen molar-refractivity contribution in [1.29, 1.82) is 0 Å². The van der Waals surface area contributed by atoms with Crippen molar-refractivity contribution >= 4 is 6.03 Å². The lowest BCUT2D eigenvalue weighted by atomic mass is 10.0. The third kappa shape index (κ3) is 5.63. The van der Waals surface area contributed by atoms with Gasteiger partial charge in [-0.1, -0.05) is 17.7 Å². The van der Waals surface area contributed by atoms with Crippen LogP contribution in [-0.4, -0.2) is 49.9 Å². The molecule has 0 spiro atoms. The maximum atomic E-state index is 12.2. The Kier molecular flexibility index (Phi) is 6.56. The molecule has 138 valence electrons. The Morgan fingerprint density at radius 3 is 2.68 bits per heavy atom. The second-order valence-electron chi connectivity index (χ2n) is 7.22. The van der Waals surface area contributed by atoms with Gasteiger partial charge in [-0.15, -0.1) is 0 Å².